The molecule has 3 rings (SSSR count). The Balaban J connectivity index is 1.78. The second-order valence-corrected chi connectivity index (χ2v) is 12.6. The molecule has 18 heteroatoms. The van der Waals surface area contributed by atoms with Crippen molar-refractivity contribution in [2.75, 3.05) is 52.7 Å². The Morgan fingerprint density at radius 1 is 0.800 bits per heavy atom. The van der Waals surface area contributed by atoms with Crippen molar-refractivity contribution in [3.05, 3.63) is 35.9 Å². The van der Waals surface area contributed by atoms with Gasteiger partial charge in [-0.3, -0.25) is 28.9 Å². The molecule has 2 aliphatic heterocycles. The van der Waals surface area contributed by atoms with E-state index in [0.717, 1.165) is 0 Å². The minimum atomic E-state index is -3.37. The summed E-state index contributed by atoms with van der Waals surface area (Å²) in [5, 5.41) is 9.48. The van der Waals surface area contributed by atoms with Gasteiger partial charge in [-0.1, -0.05) is 44.2 Å². The van der Waals surface area contributed by atoms with Crippen LogP contribution in [0.1, 0.15) is 32.8 Å². The molecular weight excluding hydrogens is 674 g/mol. The van der Waals surface area contributed by atoms with E-state index in [-0.39, 0.29) is 31.9 Å². The van der Waals surface area contributed by atoms with Crippen molar-refractivity contribution in [3.63, 3.8) is 0 Å². The zero-order chi connectivity index (χ0) is 36.8. The Kier molecular flexibility index (Phi) is 16.0. The second kappa shape index (κ2) is 19.6. The largest absolute Gasteiger partial charge is 0.379 e. The SMILES string of the molecule is CC(C)C[C@H](NC(=O)[C@H](COC(F)F)NC(=O)[C@H](COC(F)F)NC(=O)[C@H](Cc1ccccc1)NC(=O)CN1CCOCC1)C(=O)[C@]1(C)CO1. The number of ketones is 1. The smallest absolute Gasteiger partial charge is 0.345 e. The van der Waals surface area contributed by atoms with Crippen LogP contribution in [0.15, 0.2) is 30.3 Å². The molecule has 1 aromatic rings. The lowest BCUT2D eigenvalue weighted by molar-refractivity contribution is -0.154. The highest BCUT2D eigenvalue weighted by molar-refractivity contribution is 5.98. The number of ether oxygens (including phenoxy) is 4. The van der Waals surface area contributed by atoms with E-state index >= 15 is 0 Å². The predicted molar refractivity (Wildman–Crippen MR) is 168 cm³/mol. The molecule has 0 saturated carbocycles. The Hall–Kier alpha value is -3.71. The van der Waals surface area contributed by atoms with Crippen molar-refractivity contribution in [1.29, 1.82) is 0 Å². The first kappa shape index (κ1) is 40.7. The summed E-state index contributed by atoms with van der Waals surface area (Å²) in [4.78, 5) is 68.0. The third-order valence-corrected chi connectivity index (χ3v) is 7.89. The van der Waals surface area contributed by atoms with E-state index in [9.17, 15) is 41.5 Å². The molecule has 5 atom stereocenters. The average molecular weight is 720 g/mol. The summed E-state index contributed by atoms with van der Waals surface area (Å²) in [7, 11) is 0. The van der Waals surface area contributed by atoms with Crippen LogP contribution < -0.4 is 21.3 Å². The van der Waals surface area contributed by atoms with E-state index in [1.165, 1.54) is 6.92 Å². The van der Waals surface area contributed by atoms with Crippen LogP contribution in [0.5, 0.6) is 0 Å². The number of hydrogen-bond acceptors (Lipinski definition) is 10. The second-order valence-electron chi connectivity index (χ2n) is 12.6. The Bertz CT molecular complexity index is 1280. The van der Waals surface area contributed by atoms with E-state index in [2.05, 4.69) is 30.7 Å². The molecule has 0 aliphatic carbocycles. The van der Waals surface area contributed by atoms with Gasteiger partial charge in [0.1, 0.15) is 23.7 Å². The first-order valence-electron chi connectivity index (χ1n) is 16.2. The van der Waals surface area contributed by atoms with Crippen LogP contribution in [0.2, 0.25) is 0 Å². The van der Waals surface area contributed by atoms with Gasteiger partial charge in [-0.05, 0) is 24.8 Å². The zero-order valence-corrected chi connectivity index (χ0v) is 28.1. The van der Waals surface area contributed by atoms with Gasteiger partial charge in [-0.2, -0.15) is 17.6 Å². The number of morpholine rings is 1. The van der Waals surface area contributed by atoms with Crippen LogP contribution in [0.4, 0.5) is 17.6 Å². The third kappa shape index (κ3) is 13.9. The lowest BCUT2D eigenvalue weighted by Gasteiger charge is -2.28. The number of nitrogens with zero attached hydrogens (tertiary/aromatic N) is 1. The van der Waals surface area contributed by atoms with Gasteiger partial charge >= 0.3 is 13.2 Å². The molecule has 280 valence electrons. The maximum Gasteiger partial charge on any atom is 0.345 e. The monoisotopic (exact) mass is 719 g/mol. The minimum Gasteiger partial charge on any atom is -0.379 e. The fourth-order valence-corrected chi connectivity index (χ4v) is 5.10. The summed E-state index contributed by atoms with van der Waals surface area (Å²) in [5.74, 6) is -4.38. The van der Waals surface area contributed by atoms with E-state index in [1.54, 1.807) is 44.2 Å². The molecule has 0 aromatic heterocycles. The highest BCUT2D eigenvalue weighted by Gasteiger charge is 2.50. The number of carbonyl (C=O) groups excluding carboxylic acids is 5. The molecule has 0 radical (unpaired) electrons. The molecule has 4 N–H and O–H groups in total. The van der Waals surface area contributed by atoms with Crippen LogP contribution in [0.3, 0.4) is 0 Å². The van der Waals surface area contributed by atoms with Crippen molar-refractivity contribution in [1.82, 2.24) is 26.2 Å². The van der Waals surface area contributed by atoms with Crippen molar-refractivity contribution >= 4 is 29.4 Å². The molecule has 2 saturated heterocycles. The van der Waals surface area contributed by atoms with Gasteiger partial charge in [0, 0.05) is 19.5 Å². The summed E-state index contributed by atoms with van der Waals surface area (Å²) in [6.45, 7) is -1.92. The average Bonchev–Trinajstić information content (AvgIpc) is 3.82. The van der Waals surface area contributed by atoms with Crippen molar-refractivity contribution in [2.45, 2.75) is 76.6 Å². The summed E-state index contributed by atoms with van der Waals surface area (Å²) in [5.41, 5.74) is -0.512. The quantitative estimate of drug-likeness (QED) is 0.103. The topological polar surface area (TPSA) is 177 Å². The van der Waals surface area contributed by atoms with Gasteiger partial charge in [0.15, 0.2) is 5.78 Å². The molecule has 4 amide bonds. The number of rotatable bonds is 21. The standard InChI is InChI=1S/C32H45F4N5O9/c1-19(2)13-21(26(43)32(3)18-50-32)38-28(45)23(16-48-30(33)34)40-29(46)24(17-49-31(35)36)39-27(44)22(14-20-7-5-4-6-8-20)37-25(42)15-41-9-11-47-12-10-41/h4-8,19,21-24,30-31H,9-18H2,1-3H3,(H,37,42)(H,38,45)(H,39,44)(H,40,46)/t21-,22-,23-,24-,32-/m0/s1. The van der Waals surface area contributed by atoms with Gasteiger partial charge in [0.25, 0.3) is 0 Å². The van der Waals surface area contributed by atoms with E-state index < -0.39 is 85.6 Å². The van der Waals surface area contributed by atoms with Crippen molar-refractivity contribution < 1.29 is 60.5 Å². The summed E-state index contributed by atoms with van der Waals surface area (Å²) >= 11 is 0. The van der Waals surface area contributed by atoms with Gasteiger partial charge < -0.3 is 40.2 Å². The highest BCUT2D eigenvalue weighted by Crippen LogP contribution is 2.29. The molecule has 50 heavy (non-hydrogen) atoms. The van der Waals surface area contributed by atoms with Crippen LogP contribution in [0.25, 0.3) is 0 Å². The summed E-state index contributed by atoms with van der Waals surface area (Å²) < 4.78 is 71.4. The minimum absolute atomic E-state index is 0.0489. The Labute approximate surface area is 287 Å². The maximum absolute atomic E-state index is 13.6. The summed E-state index contributed by atoms with van der Waals surface area (Å²) in [6, 6.07) is 2.39. The van der Waals surface area contributed by atoms with Crippen molar-refractivity contribution in [2.24, 2.45) is 5.92 Å². The van der Waals surface area contributed by atoms with Crippen LogP contribution >= 0.6 is 0 Å². The first-order valence-corrected chi connectivity index (χ1v) is 16.2. The maximum atomic E-state index is 13.6. The molecule has 2 fully saturated rings. The van der Waals surface area contributed by atoms with Crippen LogP contribution in [0, 0.1) is 5.92 Å². The van der Waals surface area contributed by atoms with E-state index in [1.807, 2.05) is 4.90 Å². The molecule has 0 spiro atoms. The van der Waals surface area contributed by atoms with Crippen LogP contribution in [-0.4, -0.2) is 130 Å². The predicted octanol–water partition coefficient (Wildman–Crippen LogP) is 0.383. The normalized spacial score (nSPS) is 20.1. The number of halogens is 4. The summed E-state index contributed by atoms with van der Waals surface area (Å²) in [6.07, 6.45) is 0.105. The molecule has 2 aliphatic rings. The lowest BCUT2D eigenvalue weighted by atomic mass is 9.93. The van der Waals surface area contributed by atoms with E-state index in [4.69, 9.17) is 9.47 Å². The third-order valence-electron chi connectivity index (χ3n) is 7.89. The van der Waals surface area contributed by atoms with Crippen molar-refractivity contribution in [3.8, 4) is 0 Å². The molecule has 14 nitrogen and oxygen atoms in total. The number of hydrogen-bond donors (Lipinski definition) is 4. The van der Waals surface area contributed by atoms with Gasteiger partial charge in [-0.25, -0.2) is 0 Å². The highest BCUT2D eigenvalue weighted by atomic mass is 19.3. The lowest BCUT2D eigenvalue weighted by Crippen LogP contribution is -2.60. The number of carbonyl (C=O) groups is 5. The van der Waals surface area contributed by atoms with Crippen LogP contribution in [-0.2, 0) is 49.3 Å². The number of amides is 4. The molecule has 0 bridgehead atoms. The molecular formula is C32H45F4N5O9. The number of epoxide rings is 1. The molecule has 0 unspecified atom stereocenters. The first-order chi connectivity index (χ1) is 23.7. The van der Waals surface area contributed by atoms with E-state index in [0.29, 0.717) is 31.9 Å². The van der Waals surface area contributed by atoms with Gasteiger partial charge in [0.2, 0.25) is 23.6 Å². The fourth-order valence-electron chi connectivity index (χ4n) is 5.10. The zero-order valence-electron chi connectivity index (χ0n) is 28.1. The number of alkyl halides is 4. The molecule has 2 heterocycles. The molecule has 1 aromatic carbocycles. The van der Waals surface area contributed by atoms with Gasteiger partial charge in [-0.15, -0.1) is 0 Å². The number of Topliss-reactive ketones (excluding diaryl/α,β-unsaturated/α-hetero) is 1. The Morgan fingerprint density at radius 3 is 1.78 bits per heavy atom. The number of nitrogens with one attached hydrogen (secondary N) is 4. The fraction of sp³-hybridized carbons (Fsp3) is 0.656. The van der Waals surface area contributed by atoms with Gasteiger partial charge in [0.05, 0.1) is 45.6 Å². The number of benzene rings is 1. The Morgan fingerprint density at radius 2 is 1.30 bits per heavy atom.